The van der Waals surface area contributed by atoms with E-state index in [-0.39, 0.29) is 17.2 Å². The lowest BCUT2D eigenvalue weighted by molar-refractivity contribution is -0.113. The van der Waals surface area contributed by atoms with Gasteiger partial charge in [-0.2, -0.15) is 0 Å². The molecule has 0 atom stereocenters. The summed E-state index contributed by atoms with van der Waals surface area (Å²) in [4.78, 5) is 29.5. The lowest BCUT2D eigenvalue weighted by Crippen LogP contribution is -2.22. The van der Waals surface area contributed by atoms with E-state index < -0.39 is 0 Å². The molecule has 1 amide bonds. The van der Waals surface area contributed by atoms with Crippen LogP contribution in [0.5, 0.6) is 11.5 Å². The Balaban J connectivity index is 1.49. The molecule has 2 aromatic heterocycles. The third kappa shape index (κ3) is 3.69. The van der Waals surface area contributed by atoms with Crippen molar-refractivity contribution < 1.29 is 14.3 Å². The molecule has 3 aromatic rings. The average Bonchev–Trinajstić information content (AvgIpc) is 3.16. The van der Waals surface area contributed by atoms with Gasteiger partial charge in [0.25, 0.3) is 5.56 Å². The molecule has 4 rings (SSSR count). The van der Waals surface area contributed by atoms with Crippen molar-refractivity contribution in [2.24, 2.45) is 0 Å². The fraction of sp³-hybridized carbons (Fsp3) is 0.278. The summed E-state index contributed by atoms with van der Waals surface area (Å²) in [7, 11) is 0. The molecule has 0 fully saturated rings. The highest BCUT2D eigenvalue weighted by Gasteiger charge is 2.17. The SMILES string of the molecule is CCn1c(SCC(=O)Nc2cc3c(cc2Cl)OCCO3)nc2ccsc2c1=O. The van der Waals surface area contributed by atoms with Crippen molar-refractivity contribution in [2.45, 2.75) is 18.6 Å². The van der Waals surface area contributed by atoms with Crippen LogP contribution in [0.4, 0.5) is 5.69 Å². The van der Waals surface area contributed by atoms with Crippen molar-refractivity contribution in [1.29, 1.82) is 0 Å². The number of nitrogens with zero attached hydrogens (tertiary/aromatic N) is 2. The lowest BCUT2D eigenvalue weighted by Gasteiger charge is -2.20. The topological polar surface area (TPSA) is 82.5 Å². The summed E-state index contributed by atoms with van der Waals surface area (Å²) >= 11 is 8.81. The van der Waals surface area contributed by atoms with Gasteiger partial charge in [0.15, 0.2) is 16.7 Å². The van der Waals surface area contributed by atoms with Gasteiger partial charge < -0.3 is 14.8 Å². The Hall–Kier alpha value is -2.23. The summed E-state index contributed by atoms with van der Waals surface area (Å²) in [5, 5.41) is 5.49. The van der Waals surface area contributed by atoms with Gasteiger partial charge in [0.2, 0.25) is 5.91 Å². The van der Waals surface area contributed by atoms with Gasteiger partial charge in [-0.15, -0.1) is 11.3 Å². The molecular formula is C18H16ClN3O4S2. The quantitative estimate of drug-likeness (QED) is 0.484. The van der Waals surface area contributed by atoms with E-state index >= 15 is 0 Å². The van der Waals surface area contributed by atoms with E-state index in [2.05, 4.69) is 10.3 Å². The molecule has 0 saturated heterocycles. The number of thiophene rings is 1. The molecule has 0 spiro atoms. The van der Waals surface area contributed by atoms with Crippen LogP contribution in [0, 0.1) is 0 Å². The molecule has 1 aliphatic rings. The van der Waals surface area contributed by atoms with Crippen molar-refractivity contribution >= 4 is 56.5 Å². The Morgan fingerprint density at radius 2 is 2.11 bits per heavy atom. The summed E-state index contributed by atoms with van der Waals surface area (Å²) in [5.74, 6) is 0.935. The molecule has 0 bridgehead atoms. The largest absolute Gasteiger partial charge is 0.486 e. The predicted molar refractivity (Wildman–Crippen MR) is 111 cm³/mol. The van der Waals surface area contributed by atoms with Crippen LogP contribution in [0.2, 0.25) is 5.02 Å². The molecule has 0 radical (unpaired) electrons. The molecule has 0 saturated carbocycles. The van der Waals surface area contributed by atoms with Gasteiger partial charge in [0, 0.05) is 18.7 Å². The highest BCUT2D eigenvalue weighted by molar-refractivity contribution is 7.99. The minimum absolute atomic E-state index is 0.0831. The second-order valence-corrected chi connectivity index (χ2v) is 8.16. The first-order valence-corrected chi connectivity index (χ1v) is 10.8. The van der Waals surface area contributed by atoms with Gasteiger partial charge in [0.1, 0.15) is 17.9 Å². The molecule has 1 N–H and O–H groups in total. The first kappa shape index (κ1) is 19.1. The Bertz CT molecular complexity index is 1110. The number of thioether (sulfide) groups is 1. The first-order chi connectivity index (χ1) is 13.6. The number of halogens is 1. The third-order valence-electron chi connectivity index (χ3n) is 4.09. The van der Waals surface area contributed by atoms with Crippen LogP contribution in [0.15, 0.2) is 33.5 Å². The van der Waals surface area contributed by atoms with E-state index in [1.54, 1.807) is 22.8 Å². The summed E-state index contributed by atoms with van der Waals surface area (Å²) < 4.78 is 13.2. The number of fused-ring (bicyclic) bond motifs is 2. The summed E-state index contributed by atoms with van der Waals surface area (Å²) in [5.41, 5.74) is 1.02. The first-order valence-electron chi connectivity index (χ1n) is 8.56. The van der Waals surface area contributed by atoms with Crippen LogP contribution in [0.25, 0.3) is 10.2 Å². The van der Waals surface area contributed by atoms with Gasteiger partial charge in [-0.05, 0) is 18.4 Å². The molecule has 10 heteroatoms. The average molecular weight is 438 g/mol. The van der Waals surface area contributed by atoms with Crippen LogP contribution in [0.3, 0.4) is 0 Å². The molecule has 0 unspecified atom stereocenters. The van der Waals surface area contributed by atoms with Crippen LogP contribution >= 0.6 is 34.7 Å². The van der Waals surface area contributed by atoms with Crippen LogP contribution < -0.4 is 20.3 Å². The fourth-order valence-corrected chi connectivity index (χ4v) is 4.63. The Labute approximate surface area is 173 Å². The number of amides is 1. The van der Waals surface area contributed by atoms with Gasteiger partial charge >= 0.3 is 0 Å². The molecule has 146 valence electrons. The van der Waals surface area contributed by atoms with Gasteiger partial charge in [-0.3, -0.25) is 14.2 Å². The molecule has 3 heterocycles. The molecule has 28 heavy (non-hydrogen) atoms. The molecule has 7 nitrogen and oxygen atoms in total. The molecule has 1 aromatic carbocycles. The summed E-state index contributed by atoms with van der Waals surface area (Å²) in [6, 6.07) is 5.08. The second kappa shape index (κ2) is 8.02. The molecule has 1 aliphatic heterocycles. The van der Waals surface area contributed by atoms with E-state index in [4.69, 9.17) is 21.1 Å². The highest BCUT2D eigenvalue weighted by atomic mass is 35.5. The molecular weight excluding hydrogens is 422 g/mol. The third-order valence-corrected chi connectivity index (χ3v) is 6.27. The van der Waals surface area contributed by atoms with Crippen LogP contribution in [-0.4, -0.2) is 34.4 Å². The summed E-state index contributed by atoms with van der Waals surface area (Å²) in [6.45, 7) is 3.27. The number of ether oxygens (including phenoxy) is 2. The summed E-state index contributed by atoms with van der Waals surface area (Å²) in [6.07, 6.45) is 0. The Morgan fingerprint density at radius 1 is 1.36 bits per heavy atom. The zero-order valence-corrected chi connectivity index (χ0v) is 17.2. The Kier molecular flexibility index (Phi) is 5.47. The zero-order chi connectivity index (χ0) is 19.7. The normalized spacial score (nSPS) is 12.9. The molecule has 0 aliphatic carbocycles. The van der Waals surface area contributed by atoms with Crippen molar-refractivity contribution in [2.75, 3.05) is 24.3 Å². The van der Waals surface area contributed by atoms with Crippen molar-refractivity contribution in [3.8, 4) is 11.5 Å². The monoisotopic (exact) mass is 437 g/mol. The minimum atomic E-state index is -0.258. The van der Waals surface area contributed by atoms with Crippen molar-refractivity contribution in [1.82, 2.24) is 9.55 Å². The van der Waals surface area contributed by atoms with E-state index in [0.29, 0.717) is 57.3 Å². The maximum atomic E-state index is 12.5. The predicted octanol–water partition coefficient (Wildman–Crippen LogP) is 3.63. The van der Waals surface area contributed by atoms with E-state index in [1.165, 1.54) is 23.1 Å². The fourth-order valence-electron chi connectivity index (χ4n) is 2.79. The second-order valence-electron chi connectivity index (χ2n) is 5.89. The van der Waals surface area contributed by atoms with Crippen molar-refractivity contribution in [3.05, 3.63) is 39.0 Å². The van der Waals surface area contributed by atoms with Gasteiger partial charge in [0.05, 0.1) is 22.0 Å². The Morgan fingerprint density at radius 3 is 2.86 bits per heavy atom. The van der Waals surface area contributed by atoms with Crippen LogP contribution in [-0.2, 0) is 11.3 Å². The number of carbonyl (C=O) groups is 1. The number of carbonyl (C=O) groups excluding carboxylic acids is 1. The highest BCUT2D eigenvalue weighted by Crippen LogP contribution is 2.38. The smallest absolute Gasteiger partial charge is 0.272 e. The van der Waals surface area contributed by atoms with Crippen molar-refractivity contribution in [3.63, 3.8) is 0 Å². The number of nitrogens with one attached hydrogen (secondary N) is 1. The minimum Gasteiger partial charge on any atom is -0.486 e. The van der Waals surface area contributed by atoms with Crippen LogP contribution in [0.1, 0.15) is 6.92 Å². The maximum Gasteiger partial charge on any atom is 0.272 e. The van der Waals surface area contributed by atoms with E-state index in [0.717, 1.165) is 0 Å². The lowest BCUT2D eigenvalue weighted by atomic mass is 10.2. The number of anilines is 1. The maximum absolute atomic E-state index is 12.5. The number of hydrogen-bond acceptors (Lipinski definition) is 7. The number of aromatic nitrogens is 2. The number of rotatable bonds is 5. The van der Waals surface area contributed by atoms with Gasteiger partial charge in [-0.1, -0.05) is 23.4 Å². The standard InChI is InChI=1S/C18H16ClN3O4S2/c1-2-22-17(24)16-11(3-6-27-16)21-18(22)28-9-15(23)20-12-8-14-13(7-10(12)19)25-4-5-26-14/h3,6-8H,2,4-5,9H2,1H3,(H,20,23). The van der Waals surface area contributed by atoms with E-state index in [9.17, 15) is 9.59 Å². The van der Waals surface area contributed by atoms with Gasteiger partial charge in [-0.25, -0.2) is 4.98 Å². The zero-order valence-electron chi connectivity index (χ0n) is 14.9. The van der Waals surface area contributed by atoms with E-state index in [1.807, 2.05) is 12.3 Å². The number of benzene rings is 1. The number of hydrogen-bond donors (Lipinski definition) is 1.